The molecule has 0 aliphatic carbocycles. The van der Waals surface area contributed by atoms with E-state index in [9.17, 15) is 9.59 Å². The molecule has 1 saturated heterocycles. The van der Waals surface area contributed by atoms with Crippen LogP contribution in [0.4, 0.5) is 0 Å². The number of hydrogen-bond acceptors (Lipinski definition) is 4. The van der Waals surface area contributed by atoms with Gasteiger partial charge in [-0.3, -0.25) is 9.59 Å². The van der Waals surface area contributed by atoms with Gasteiger partial charge in [-0.1, -0.05) is 27.7 Å². The average molecular weight is 285 g/mol. The van der Waals surface area contributed by atoms with Crippen molar-refractivity contribution in [1.82, 2.24) is 5.32 Å². The zero-order valence-electron chi connectivity index (χ0n) is 12.4. The molecule has 1 aliphatic heterocycles. The largest absolute Gasteiger partial charge is 0.441 e. The Morgan fingerprint density at radius 2 is 1.95 bits per heavy atom. The molecule has 3 atom stereocenters. The van der Waals surface area contributed by atoms with Gasteiger partial charge in [0.25, 0.3) is 0 Å². The van der Waals surface area contributed by atoms with E-state index in [1.807, 2.05) is 6.92 Å². The van der Waals surface area contributed by atoms with Gasteiger partial charge in [-0.05, 0) is 17.9 Å². The van der Waals surface area contributed by atoms with E-state index in [0.717, 1.165) is 0 Å². The molecule has 1 aliphatic rings. The lowest BCUT2D eigenvalue weighted by molar-refractivity contribution is -0.172. The summed E-state index contributed by atoms with van der Waals surface area (Å²) in [6.07, 6.45) is -0.804. The number of carbonyl (C=O) groups is 2. The predicted octanol–water partition coefficient (Wildman–Crippen LogP) is 1.50. The standard InChI is InChI=1S/C13H23NO4Si/c1-7(2)13(5,6)19-18-8(3)10-11(16)14-12(10)17-9(4)15/h7-8,10,12H,1-6H3,(H,14,16). The topological polar surface area (TPSA) is 64.6 Å². The number of β-lactam (4-membered cyclic amide) rings is 1. The average Bonchev–Trinajstić information content (AvgIpc) is 2.24. The van der Waals surface area contributed by atoms with Crippen molar-refractivity contribution in [3.63, 3.8) is 0 Å². The molecule has 5 nitrogen and oxygen atoms in total. The summed E-state index contributed by atoms with van der Waals surface area (Å²) in [5.41, 5.74) is 0. The smallest absolute Gasteiger partial charge is 0.304 e. The van der Waals surface area contributed by atoms with Crippen molar-refractivity contribution in [3.8, 4) is 0 Å². The molecule has 0 spiro atoms. The van der Waals surface area contributed by atoms with Crippen LogP contribution in [0.25, 0.3) is 0 Å². The highest BCUT2D eigenvalue weighted by molar-refractivity contribution is 6.32. The lowest BCUT2D eigenvalue weighted by Gasteiger charge is -2.40. The first-order valence-electron chi connectivity index (χ1n) is 6.55. The quantitative estimate of drug-likeness (QED) is 0.456. The van der Waals surface area contributed by atoms with E-state index in [4.69, 9.17) is 9.16 Å². The van der Waals surface area contributed by atoms with Gasteiger partial charge in [0, 0.05) is 6.92 Å². The van der Waals surface area contributed by atoms with Crippen molar-refractivity contribution >= 4 is 21.6 Å². The fourth-order valence-electron chi connectivity index (χ4n) is 1.54. The van der Waals surface area contributed by atoms with E-state index in [1.54, 1.807) is 0 Å². The van der Waals surface area contributed by atoms with Crippen LogP contribution in [0.15, 0.2) is 0 Å². The fourth-order valence-corrected chi connectivity index (χ4v) is 2.42. The minimum absolute atomic E-state index is 0.0748. The minimum Gasteiger partial charge on any atom is -0.441 e. The Hall–Kier alpha value is -0.883. The second-order valence-electron chi connectivity index (χ2n) is 5.87. The van der Waals surface area contributed by atoms with Crippen LogP contribution >= 0.6 is 0 Å². The molecule has 19 heavy (non-hydrogen) atoms. The van der Waals surface area contributed by atoms with Gasteiger partial charge < -0.3 is 14.5 Å². The first-order valence-corrected chi connectivity index (χ1v) is 7.46. The minimum atomic E-state index is -0.549. The second kappa shape index (κ2) is 6.05. The van der Waals surface area contributed by atoms with Crippen molar-refractivity contribution in [2.45, 2.75) is 58.9 Å². The molecule has 6 heteroatoms. The number of hydrogen-bond donors (Lipinski definition) is 1. The zero-order chi connectivity index (χ0) is 14.8. The van der Waals surface area contributed by atoms with Crippen molar-refractivity contribution < 1.29 is 18.8 Å². The highest BCUT2D eigenvalue weighted by atomic mass is 28.2. The van der Waals surface area contributed by atoms with Crippen LogP contribution in [0.3, 0.4) is 0 Å². The summed E-state index contributed by atoms with van der Waals surface area (Å²) in [6, 6.07) is 0. The monoisotopic (exact) mass is 285 g/mol. The highest BCUT2D eigenvalue weighted by Crippen LogP contribution is 2.34. The van der Waals surface area contributed by atoms with E-state index >= 15 is 0 Å². The van der Waals surface area contributed by atoms with Crippen LogP contribution in [-0.2, 0) is 18.8 Å². The highest BCUT2D eigenvalue weighted by Gasteiger charge is 2.46. The van der Waals surface area contributed by atoms with Gasteiger partial charge in [-0.25, -0.2) is 0 Å². The van der Waals surface area contributed by atoms with Crippen LogP contribution in [-0.4, -0.2) is 34.0 Å². The molecule has 1 fully saturated rings. The molecule has 0 saturated carbocycles. The van der Waals surface area contributed by atoms with Crippen molar-refractivity contribution in [1.29, 1.82) is 0 Å². The Kier molecular flexibility index (Phi) is 5.15. The maximum Gasteiger partial charge on any atom is 0.304 e. The normalized spacial score (nSPS) is 24.7. The van der Waals surface area contributed by atoms with Crippen LogP contribution < -0.4 is 5.32 Å². The first-order chi connectivity index (χ1) is 8.65. The predicted molar refractivity (Wildman–Crippen MR) is 72.4 cm³/mol. The molecule has 1 N–H and O–H groups in total. The van der Waals surface area contributed by atoms with Crippen LogP contribution in [0.5, 0.6) is 0 Å². The molecular formula is C13H23NO4Si. The zero-order valence-corrected chi connectivity index (χ0v) is 13.4. The summed E-state index contributed by atoms with van der Waals surface area (Å²) in [7, 11) is 0.304. The third-order valence-electron chi connectivity index (χ3n) is 3.66. The molecule has 0 aromatic carbocycles. The van der Waals surface area contributed by atoms with Gasteiger partial charge >= 0.3 is 5.97 Å². The van der Waals surface area contributed by atoms with Gasteiger partial charge in [0.2, 0.25) is 15.7 Å². The molecule has 0 aromatic heterocycles. The SMILES string of the molecule is CC(=O)OC1NC(=O)C1C(C)O[Si]C(C)(C)C(C)C. The van der Waals surface area contributed by atoms with E-state index < -0.39 is 18.1 Å². The molecule has 0 bridgehead atoms. The molecule has 1 amide bonds. The summed E-state index contributed by atoms with van der Waals surface area (Å²) in [6.45, 7) is 11.8. The number of ether oxygens (including phenoxy) is 1. The summed E-state index contributed by atoms with van der Waals surface area (Å²) in [5.74, 6) is -0.421. The number of nitrogens with one attached hydrogen (secondary N) is 1. The second-order valence-corrected chi connectivity index (χ2v) is 7.59. The maximum absolute atomic E-state index is 11.5. The lowest BCUT2D eigenvalue weighted by atomic mass is 9.93. The van der Waals surface area contributed by atoms with E-state index in [1.165, 1.54) is 6.92 Å². The maximum atomic E-state index is 11.5. The van der Waals surface area contributed by atoms with Gasteiger partial charge in [0.1, 0.15) is 5.92 Å². The lowest BCUT2D eigenvalue weighted by Crippen LogP contribution is -2.64. The van der Waals surface area contributed by atoms with Gasteiger partial charge in [-0.15, -0.1) is 0 Å². The fraction of sp³-hybridized carbons (Fsp3) is 0.846. The molecule has 1 rings (SSSR count). The number of rotatable bonds is 6. The van der Waals surface area contributed by atoms with Gasteiger partial charge in [-0.2, -0.15) is 0 Å². The summed E-state index contributed by atoms with van der Waals surface area (Å²) in [4.78, 5) is 22.5. The van der Waals surface area contributed by atoms with E-state index in [-0.39, 0.29) is 17.0 Å². The summed E-state index contributed by atoms with van der Waals surface area (Å²) >= 11 is 0. The van der Waals surface area contributed by atoms with Crippen LogP contribution in [0, 0.1) is 11.8 Å². The van der Waals surface area contributed by atoms with E-state index in [0.29, 0.717) is 15.7 Å². The molecule has 108 valence electrons. The Morgan fingerprint density at radius 1 is 1.37 bits per heavy atom. The first kappa shape index (κ1) is 16.2. The Morgan fingerprint density at radius 3 is 2.37 bits per heavy atom. The number of amides is 1. The molecule has 1 heterocycles. The number of carbonyl (C=O) groups excluding carboxylic acids is 2. The summed E-state index contributed by atoms with van der Waals surface area (Å²) < 4.78 is 10.9. The molecule has 2 radical (unpaired) electrons. The van der Waals surface area contributed by atoms with Crippen molar-refractivity contribution in [3.05, 3.63) is 0 Å². The third-order valence-corrected chi connectivity index (χ3v) is 5.26. The Bertz CT molecular complexity index is 357. The molecular weight excluding hydrogens is 262 g/mol. The number of esters is 1. The Labute approximate surface area is 117 Å². The van der Waals surface area contributed by atoms with Crippen LogP contribution in [0.2, 0.25) is 5.04 Å². The van der Waals surface area contributed by atoms with Crippen LogP contribution in [0.1, 0.15) is 41.5 Å². The van der Waals surface area contributed by atoms with Crippen molar-refractivity contribution in [2.75, 3.05) is 0 Å². The van der Waals surface area contributed by atoms with Crippen molar-refractivity contribution in [2.24, 2.45) is 11.8 Å². The summed E-state index contributed by atoms with van der Waals surface area (Å²) in [5, 5.41) is 2.64. The van der Waals surface area contributed by atoms with Gasteiger partial charge in [0.05, 0.1) is 6.10 Å². The molecule has 3 unspecified atom stereocenters. The third kappa shape index (κ3) is 4.04. The van der Waals surface area contributed by atoms with Gasteiger partial charge in [0.15, 0.2) is 6.23 Å². The Balaban J connectivity index is 2.50. The molecule has 0 aromatic rings. The van der Waals surface area contributed by atoms with E-state index in [2.05, 4.69) is 33.0 Å².